The van der Waals surface area contributed by atoms with Gasteiger partial charge in [0, 0.05) is 30.3 Å². The molecule has 0 aliphatic heterocycles. The minimum absolute atomic E-state index is 0.118. The van der Waals surface area contributed by atoms with Gasteiger partial charge in [-0.1, -0.05) is 13.8 Å². The number of rotatable bonds is 6. The summed E-state index contributed by atoms with van der Waals surface area (Å²) in [5.74, 6) is 0. The molecule has 2 aliphatic rings. The standard InChI is InChI=1S/C17H28N2OS/c1-4-20-17(9-7-16(2,3)8-10-17)15-19-12-14(21-15)11-18-13-5-6-13/h12-13,18H,4-11H2,1-3H3. The molecule has 0 saturated heterocycles. The van der Waals surface area contributed by atoms with Crippen LogP contribution in [0.3, 0.4) is 0 Å². The van der Waals surface area contributed by atoms with E-state index in [1.165, 1.54) is 35.6 Å². The van der Waals surface area contributed by atoms with Crippen LogP contribution in [0.5, 0.6) is 0 Å². The normalized spacial score (nSPS) is 24.1. The van der Waals surface area contributed by atoms with Crippen LogP contribution in [0.4, 0.5) is 0 Å². The van der Waals surface area contributed by atoms with Crippen molar-refractivity contribution in [2.75, 3.05) is 6.61 Å². The molecule has 0 amide bonds. The van der Waals surface area contributed by atoms with Crippen LogP contribution in [0, 0.1) is 5.41 Å². The fourth-order valence-corrected chi connectivity index (χ4v) is 4.22. The van der Waals surface area contributed by atoms with Gasteiger partial charge in [-0.25, -0.2) is 4.98 Å². The predicted molar refractivity (Wildman–Crippen MR) is 87.5 cm³/mol. The molecule has 118 valence electrons. The fourth-order valence-electron chi connectivity index (χ4n) is 3.16. The number of hydrogen-bond acceptors (Lipinski definition) is 4. The minimum atomic E-state index is -0.118. The van der Waals surface area contributed by atoms with Crippen molar-refractivity contribution in [3.05, 3.63) is 16.1 Å². The van der Waals surface area contributed by atoms with Crippen LogP contribution in [-0.2, 0) is 16.9 Å². The minimum Gasteiger partial charge on any atom is -0.368 e. The number of aromatic nitrogens is 1. The average molecular weight is 308 g/mol. The zero-order chi connectivity index (χ0) is 14.9. The third-order valence-electron chi connectivity index (χ3n) is 4.92. The van der Waals surface area contributed by atoms with E-state index in [1.54, 1.807) is 0 Å². The van der Waals surface area contributed by atoms with Gasteiger partial charge in [0.15, 0.2) is 0 Å². The molecule has 1 N–H and O–H groups in total. The van der Waals surface area contributed by atoms with Gasteiger partial charge in [-0.3, -0.25) is 0 Å². The zero-order valence-corrected chi connectivity index (χ0v) is 14.4. The van der Waals surface area contributed by atoms with Crippen molar-refractivity contribution in [1.29, 1.82) is 0 Å². The Kier molecular flexibility index (Phi) is 4.40. The molecule has 0 aromatic carbocycles. The van der Waals surface area contributed by atoms with E-state index in [0.717, 1.165) is 32.0 Å². The van der Waals surface area contributed by atoms with Gasteiger partial charge in [0.05, 0.1) is 0 Å². The van der Waals surface area contributed by atoms with Crippen LogP contribution < -0.4 is 5.32 Å². The van der Waals surface area contributed by atoms with E-state index in [4.69, 9.17) is 9.72 Å². The number of hydrogen-bond donors (Lipinski definition) is 1. The molecule has 0 spiro atoms. The molecule has 1 aromatic rings. The molecule has 0 atom stereocenters. The van der Waals surface area contributed by atoms with Crippen LogP contribution >= 0.6 is 11.3 Å². The van der Waals surface area contributed by atoms with Gasteiger partial charge in [0.2, 0.25) is 0 Å². The van der Waals surface area contributed by atoms with Gasteiger partial charge in [-0.2, -0.15) is 0 Å². The zero-order valence-electron chi connectivity index (χ0n) is 13.6. The van der Waals surface area contributed by atoms with Gasteiger partial charge in [-0.15, -0.1) is 11.3 Å². The van der Waals surface area contributed by atoms with Gasteiger partial charge in [0.25, 0.3) is 0 Å². The Morgan fingerprint density at radius 3 is 2.62 bits per heavy atom. The molecular weight excluding hydrogens is 280 g/mol. The van der Waals surface area contributed by atoms with Crippen molar-refractivity contribution in [2.24, 2.45) is 5.41 Å². The highest BCUT2D eigenvalue weighted by atomic mass is 32.1. The second-order valence-corrected chi connectivity index (χ2v) is 8.49. The van der Waals surface area contributed by atoms with E-state index in [9.17, 15) is 0 Å². The molecule has 0 bridgehead atoms. The van der Waals surface area contributed by atoms with E-state index >= 15 is 0 Å². The Morgan fingerprint density at radius 2 is 2.00 bits per heavy atom. The van der Waals surface area contributed by atoms with E-state index in [0.29, 0.717) is 5.41 Å². The van der Waals surface area contributed by atoms with E-state index in [-0.39, 0.29) is 5.60 Å². The van der Waals surface area contributed by atoms with E-state index in [1.807, 2.05) is 11.3 Å². The summed E-state index contributed by atoms with van der Waals surface area (Å²) in [5.41, 5.74) is 0.334. The summed E-state index contributed by atoms with van der Waals surface area (Å²) in [6.45, 7) is 8.59. The Hall–Kier alpha value is -0.450. The van der Waals surface area contributed by atoms with E-state index in [2.05, 4.69) is 32.3 Å². The lowest BCUT2D eigenvalue weighted by Crippen LogP contribution is -2.37. The lowest BCUT2D eigenvalue weighted by molar-refractivity contribution is -0.0890. The number of nitrogens with one attached hydrogen (secondary N) is 1. The molecule has 1 heterocycles. The van der Waals surface area contributed by atoms with E-state index < -0.39 is 0 Å². The second-order valence-electron chi connectivity index (χ2n) is 7.38. The van der Waals surface area contributed by atoms with Crippen molar-refractivity contribution in [2.45, 2.75) is 77.5 Å². The maximum Gasteiger partial charge on any atom is 0.125 e. The second kappa shape index (κ2) is 5.98. The third-order valence-corrected chi connectivity index (χ3v) is 6.10. The first-order chi connectivity index (χ1) is 10.0. The lowest BCUT2D eigenvalue weighted by atomic mass is 9.71. The Labute approximate surface area is 132 Å². The topological polar surface area (TPSA) is 34.1 Å². The van der Waals surface area contributed by atoms with Crippen molar-refractivity contribution < 1.29 is 4.74 Å². The molecule has 3 rings (SSSR count). The van der Waals surface area contributed by atoms with Crippen LogP contribution in [-0.4, -0.2) is 17.6 Å². The maximum absolute atomic E-state index is 6.23. The van der Waals surface area contributed by atoms with Crippen molar-refractivity contribution >= 4 is 11.3 Å². The number of thiazole rings is 1. The first-order valence-corrected chi connectivity index (χ1v) is 9.17. The largest absolute Gasteiger partial charge is 0.368 e. The lowest BCUT2D eigenvalue weighted by Gasteiger charge is -2.42. The average Bonchev–Trinajstić information content (AvgIpc) is 3.16. The first-order valence-electron chi connectivity index (χ1n) is 8.36. The smallest absolute Gasteiger partial charge is 0.125 e. The summed E-state index contributed by atoms with van der Waals surface area (Å²) >= 11 is 1.85. The Balaban J connectivity index is 1.71. The number of ether oxygens (including phenoxy) is 1. The molecule has 1 aromatic heterocycles. The van der Waals surface area contributed by atoms with Gasteiger partial charge >= 0.3 is 0 Å². The fraction of sp³-hybridized carbons (Fsp3) is 0.824. The SMILES string of the molecule is CCOC1(c2ncc(CNC3CC3)s2)CCC(C)(C)CC1. The summed E-state index contributed by atoms with van der Waals surface area (Å²) in [6.07, 6.45) is 9.39. The predicted octanol–water partition coefficient (Wildman–Crippen LogP) is 4.23. The molecule has 2 fully saturated rings. The van der Waals surface area contributed by atoms with Gasteiger partial charge in [0.1, 0.15) is 10.6 Å². The summed E-state index contributed by atoms with van der Waals surface area (Å²) in [7, 11) is 0. The Bertz CT molecular complexity index is 469. The Morgan fingerprint density at radius 1 is 1.29 bits per heavy atom. The van der Waals surface area contributed by atoms with Crippen molar-refractivity contribution in [1.82, 2.24) is 10.3 Å². The molecule has 0 unspecified atom stereocenters. The molecular formula is C17H28N2OS. The molecule has 2 saturated carbocycles. The maximum atomic E-state index is 6.23. The van der Waals surface area contributed by atoms with Gasteiger partial charge in [-0.05, 0) is 50.9 Å². The van der Waals surface area contributed by atoms with Crippen LogP contribution in [0.1, 0.15) is 69.2 Å². The highest BCUT2D eigenvalue weighted by Crippen LogP contribution is 2.48. The molecule has 3 nitrogen and oxygen atoms in total. The van der Waals surface area contributed by atoms with Crippen LogP contribution in [0.2, 0.25) is 0 Å². The van der Waals surface area contributed by atoms with Gasteiger partial charge < -0.3 is 10.1 Å². The highest BCUT2D eigenvalue weighted by molar-refractivity contribution is 7.11. The molecule has 4 heteroatoms. The first kappa shape index (κ1) is 15.4. The monoisotopic (exact) mass is 308 g/mol. The van der Waals surface area contributed by atoms with Crippen LogP contribution in [0.15, 0.2) is 6.20 Å². The van der Waals surface area contributed by atoms with Crippen molar-refractivity contribution in [3.63, 3.8) is 0 Å². The summed E-state index contributed by atoms with van der Waals surface area (Å²) < 4.78 is 6.23. The molecule has 0 radical (unpaired) electrons. The number of nitrogens with zero attached hydrogens (tertiary/aromatic N) is 1. The van der Waals surface area contributed by atoms with Crippen LogP contribution in [0.25, 0.3) is 0 Å². The molecule has 21 heavy (non-hydrogen) atoms. The highest BCUT2D eigenvalue weighted by Gasteiger charge is 2.42. The van der Waals surface area contributed by atoms with Crippen molar-refractivity contribution in [3.8, 4) is 0 Å². The summed E-state index contributed by atoms with van der Waals surface area (Å²) in [5, 5.41) is 4.78. The third kappa shape index (κ3) is 3.66. The summed E-state index contributed by atoms with van der Waals surface area (Å²) in [4.78, 5) is 6.08. The summed E-state index contributed by atoms with van der Waals surface area (Å²) in [6, 6.07) is 0.756. The quantitative estimate of drug-likeness (QED) is 0.854. The molecule has 2 aliphatic carbocycles.